The maximum absolute atomic E-state index is 9.39. The third-order valence-electron chi connectivity index (χ3n) is 3.60. The maximum Gasteiger partial charge on any atom is 0.297 e. The van der Waals surface area contributed by atoms with Gasteiger partial charge in [-0.25, -0.2) is 9.97 Å². The second kappa shape index (κ2) is 6.24. The van der Waals surface area contributed by atoms with Crippen molar-refractivity contribution in [1.29, 1.82) is 5.26 Å². The number of nitrogens with zero attached hydrogens (tertiary/aromatic N) is 2. The van der Waals surface area contributed by atoms with Crippen molar-refractivity contribution in [1.82, 2.24) is 4.98 Å². The fraction of sp³-hybridized carbons (Fsp3) is 0.111. The van der Waals surface area contributed by atoms with Crippen LogP contribution in [0.3, 0.4) is 0 Å². The molecule has 0 radical (unpaired) electrons. The van der Waals surface area contributed by atoms with Crippen LogP contribution in [0.15, 0.2) is 54.7 Å². The van der Waals surface area contributed by atoms with Crippen LogP contribution < -0.4 is 15.2 Å². The van der Waals surface area contributed by atoms with Crippen molar-refractivity contribution >= 4 is 28.0 Å². The highest BCUT2D eigenvalue weighted by Gasteiger charge is 2.13. The minimum atomic E-state index is 0.512. The zero-order valence-corrected chi connectivity index (χ0v) is 13.1. The van der Waals surface area contributed by atoms with Gasteiger partial charge in [0.05, 0.1) is 0 Å². The number of benzene rings is 2. The largest absolute Gasteiger partial charge is 0.378 e. The van der Waals surface area contributed by atoms with Crippen LogP contribution in [0.1, 0.15) is 5.82 Å². The van der Waals surface area contributed by atoms with Crippen molar-refractivity contribution in [3.05, 3.63) is 60.6 Å². The molecule has 114 valence electrons. The first-order chi connectivity index (χ1) is 11.2. The standard InChI is InChI=1S/C18H17N5/c1-23(2)15-9-7-14(8-10-15)20-12-13(11-19)18-21-16-5-3-4-6-17(16)22-18/h3-10,12,20H,1-2H3,(H,21,22)/p+1. The molecule has 0 atom stereocenters. The van der Waals surface area contributed by atoms with E-state index in [1.807, 2.05) is 67.5 Å². The number of hydrogen-bond donors (Lipinski definition) is 2. The van der Waals surface area contributed by atoms with Crippen molar-refractivity contribution in [3.8, 4) is 6.07 Å². The van der Waals surface area contributed by atoms with E-state index >= 15 is 0 Å². The summed E-state index contributed by atoms with van der Waals surface area (Å²) in [6.45, 7) is 0. The summed E-state index contributed by atoms with van der Waals surface area (Å²) < 4.78 is 0. The summed E-state index contributed by atoms with van der Waals surface area (Å²) in [6, 6.07) is 18.1. The molecule has 5 nitrogen and oxygen atoms in total. The third kappa shape index (κ3) is 3.16. The number of anilines is 2. The number of imidazole rings is 1. The molecule has 2 aromatic carbocycles. The number of allylic oxidation sites excluding steroid dienone is 1. The second-order valence-corrected chi connectivity index (χ2v) is 5.43. The zero-order chi connectivity index (χ0) is 16.2. The molecule has 3 aromatic rings. The molecule has 0 saturated carbocycles. The first-order valence-corrected chi connectivity index (χ1v) is 7.32. The van der Waals surface area contributed by atoms with Crippen LogP contribution in [0.25, 0.3) is 16.6 Å². The molecular weight excluding hydrogens is 286 g/mol. The molecule has 0 fully saturated rings. The van der Waals surface area contributed by atoms with E-state index < -0.39 is 0 Å². The van der Waals surface area contributed by atoms with Crippen molar-refractivity contribution in [2.24, 2.45) is 0 Å². The van der Waals surface area contributed by atoms with Gasteiger partial charge >= 0.3 is 0 Å². The molecule has 0 spiro atoms. The van der Waals surface area contributed by atoms with Crippen LogP contribution in [0.2, 0.25) is 0 Å². The van der Waals surface area contributed by atoms with Gasteiger partial charge in [0.15, 0.2) is 16.6 Å². The summed E-state index contributed by atoms with van der Waals surface area (Å²) >= 11 is 0. The van der Waals surface area contributed by atoms with Gasteiger partial charge in [-0.15, -0.1) is 0 Å². The van der Waals surface area contributed by atoms with Gasteiger partial charge in [-0.1, -0.05) is 12.1 Å². The van der Waals surface area contributed by atoms with Gasteiger partial charge in [-0.3, -0.25) is 0 Å². The van der Waals surface area contributed by atoms with Gasteiger partial charge in [-0.05, 0) is 36.4 Å². The Hall–Kier alpha value is -3.26. The average molecular weight is 304 g/mol. The summed E-state index contributed by atoms with van der Waals surface area (Å²) in [4.78, 5) is 8.47. The Morgan fingerprint density at radius 2 is 1.91 bits per heavy atom. The normalized spacial score (nSPS) is 11.3. The van der Waals surface area contributed by atoms with Crippen LogP contribution in [0.4, 0.5) is 11.4 Å². The highest BCUT2D eigenvalue weighted by Crippen LogP contribution is 2.17. The van der Waals surface area contributed by atoms with Crippen LogP contribution >= 0.6 is 0 Å². The van der Waals surface area contributed by atoms with Crippen molar-refractivity contribution in [2.45, 2.75) is 0 Å². The second-order valence-electron chi connectivity index (χ2n) is 5.43. The lowest BCUT2D eigenvalue weighted by Crippen LogP contribution is -2.08. The van der Waals surface area contributed by atoms with E-state index in [4.69, 9.17) is 0 Å². The van der Waals surface area contributed by atoms with E-state index in [9.17, 15) is 5.26 Å². The monoisotopic (exact) mass is 304 g/mol. The fourth-order valence-corrected chi connectivity index (χ4v) is 2.31. The Balaban J connectivity index is 1.83. The Morgan fingerprint density at radius 1 is 1.17 bits per heavy atom. The summed E-state index contributed by atoms with van der Waals surface area (Å²) in [7, 11) is 4.00. The van der Waals surface area contributed by atoms with Crippen molar-refractivity contribution < 1.29 is 4.98 Å². The van der Waals surface area contributed by atoms with Gasteiger partial charge in [0.25, 0.3) is 5.82 Å². The van der Waals surface area contributed by atoms with Gasteiger partial charge in [-0.2, -0.15) is 5.26 Å². The highest BCUT2D eigenvalue weighted by molar-refractivity contribution is 5.78. The topological polar surface area (TPSA) is 69.0 Å². The van der Waals surface area contributed by atoms with E-state index in [-0.39, 0.29) is 0 Å². The molecule has 0 aliphatic carbocycles. The molecule has 1 heterocycles. The SMILES string of the molecule is CN(C)c1ccc(NC=C(C#N)c2[nH]c3ccccc3[nH+]2)cc1. The predicted molar refractivity (Wildman–Crippen MR) is 92.8 cm³/mol. The molecule has 3 N–H and O–H groups in total. The lowest BCUT2D eigenvalue weighted by atomic mass is 10.2. The van der Waals surface area contributed by atoms with Gasteiger partial charge in [0, 0.05) is 31.7 Å². The minimum absolute atomic E-state index is 0.512. The number of nitrogens with one attached hydrogen (secondary N) is 3. The van der Waals surface area contributed by atoms with E-state index in [1.165, 1.54) is 0 Å². The highest BCUT2D eigenvalue weighted by atomic mass is 15.1. The van der Waals surface area contributed by atoms with Crippen LogP contribution in [0, 0.1) is 11.3 Å². The van der Waals surface area contributed by atoms with Gasteiger partial charge < -0.3 is 10.2 Å². The summed E-state index contributed by atoms with van der Waals surface area (Å²) in [5.74, 6) is 0.686. The lowest BCUT2D eigenvalue weighted by molar-refractivity contribution is -0.348. The molecule has 0 saturated heterocycles. The number of aromatic amines is 2. The molecule has 3 rings (SSSR count). The predicted octanol–water partition coefficient (Wildman–Crippen LogP) is 3.02. The van der Waals surface area contributed by atoms with Crippen LogP contribution in [-0.4, -0.2) is 19.1 Å². The quantitative estimate of drug-likeness (QED) is 0.728. The average Bonchev–Trinajstić information content (AvgIpc) is 2.99. The van der Waals surface area contributed by atoms with E-state index in [2.05, 4.69) is 21.4 Å². The number of fused-ring (bicyclic) bond motifs is 1. The molecule has 23 heavy (non-hydrogen) atoms. The van der Waals surface area contributed by atoms with E-state index in [0.717, 1.165) is 22.4 Å². The van der Waals surface area contributed by atoms with Crippen molar-refractivity contribution in [3.63, 3.8) is 0 Å². The molecule has 0 amide bonds. The first-order valence-electron chi connectivity index (χ1n) is 7.32. The first kappa shape index (κ1) is 14.7. The zero-order valence-electron chi connectivity index (χ0n) is 13.1. The smallest absolute Gasteiger partial charge is 0.297 e. The Morgan fingerprint density at radius 3 is 2.57 bits per heavy atom. The fourth-order valence-electron chi connectivity index (χ4n) is 2.31. The van der Waals surface area contributed by atoms with Crippen molar-refractivity contribution in [2.75, 3.05) is 24.3 Å². The van der Waals surface area contributed by atoms with Crippen LogP contribution in [-0.2, 0) is 0 Å². The van der Waals surface area contributed by atoms with Gasteiger partial charge in [0.2, 0.25) is 0 Å². The number of nitriles is 1. The molecular formula is C18H18N5+. The molecule has 0 aliphatic heterocycles. The summed E-state index contributed by atoms with van der Waals surface area (Å²) in [6.07, 6.45) is 1.70. The van der Waals surface area contributed by atoms with Gasteiger partial charge in [0.1, 0.15) is 6.07 Å². The molecule has 1 aromatic heterocycles. The number of rotatable bonds is 4. The molecule has 0 bridgehead atoms. The number of H-pyrrole nitrogens is 2. The van der Waals surface area contributed by atoms with E-state index in [0.29, 0.717) is 11.4 Å². The van der Waals surface area contributed by atoms with Crippen LogP contribution in [0.5, 0.6) is 0 Å². The summed E-state index contributed by atoms with van der Waals surface area (Å²) in [5.41, 5.74) is 4.51. The number of para-hydroxylation sites is 2. The maximum atomic E-state index is 9.39. The summed E-state index contributed by atoms with van der Waals surface area (Å²) in [5, 5.41) is 12.6. The Kier molecular flexibility index (Phi) is 3.98. The Labute approximate surface area is 134 Å². The number of aromatic nitrogens is 2. The minimum Gasteiger partial charge on any atom is -0.378 e. The van der Waals surface area contributed by atoms with E-state index in [1.54, 1.807) is 6.20 Å². The molecule has 0 aliphatic rings. The Bertz CT molecular complexity index is 849. The molecule has 5 heteroatoms. The number of hydrogen-bond acceptors (Lipinski definition) is 3. The molecule has 0 unspecified atom stereocenters. The lowest BCUT2D eigenvalue weighted by Gasteiger charge is -2.12. The third-order valence-corrected chi connectivity index (χ3v) is 3.60.